The van der Waals surface area contributed by atoms with Gasteiger partial charge in [-0.3, -0.25) is 4.90 Å². The molecule has 0 bridgehead atoms. The van der Waals surface area contributed by atoms with Gasteiger partial charge in [0, 0.05) is 26.2 Å². The number of nitrogens with zero attached hydrogens (tertiary/aromatic N) is 1. The molecule has 114 valence electrons. The molecule has 1 aromatic carbocycles. The summed E-state index contributed by atoms with van der Waals surface area (Å²) in [7, 11) is 1.74. The Morgan fingerprint density at radius 3 is 2.30 bits per heavy atom. The van der Waals surface area contributed by atoms with E-state index in [1.807, 2.05) is 30.3 Å². The maximum absolute atomic E-state index is 10.3. The van der Waals surface area contributed by atoms with E-state index in [2.05, 4.69) is 18.7 Å². The summed E-state index contributed by atoms with van der Waals surface area (Å²) in [6, 6.07) is 10.5. The lowest BCUT2D eigenvalue weighted by molar-refractivity contribution is 0.0904. The first kappa shape index (κ1) is 17.2. The standard InChI is InChI=1S/C17H29NO2/c1-4-16(5-2)18(13-14-20-3)12-11-17(19)15-9-7-6-8-10-15/h6-10,16-17,19H,4-5,11-14H2,1-3H3. The maximum Gasteiger partial charge on any atom is 0.0802 e. The topological polar surface area (TPSA) is 32.7 Å². The van der Waals surface area contributed by atoms with Crippen LogP contribution in [0.15, 0.2) is 30.3 Å². The lowest BCUT2D eigenvalue weighted by atomic mass is 10.0. The van der Waals surface area contributed by atoms with Crippen molar-refractivity contribution in [2.24, 2.45) is 0 Å². The zero-order chi connectivity index (χ0) is 14.8. The van der Waals surface area contributed by atoms with Crippen LogP contribution in [0.2, 0.25) is 0 Å². The van der Waals surface area contributed by atoms with E-state index in [-0.39, 0.29) is 6.10 Å². The van der Waals surface area contributed by atoms with Gasteiger partial charge in [0.15, 0.2) is 0 Å². The SMILES string of the molecule is CCC(CC)N(CCOC)CCC(O)c1ccccc1. The summed E-state index contributed by atoms with van der Waals surface area (Å²) in [5.41, 5.74) is 1.00. The third-order valence-electron chi connectivity index (χ3n) is 3.92. The molecular formula is C17H29NO2. The molecule has 0 aliphatic heterocycles. The molecule has 1 N–H and O–H groups in total. The van der Waals surface area contributed by atoms with E-state index in [0.717, 1.165) is 44.5 Å². The van der Waals surface area contributed by atoms with Crippen LogP contribution < -0.4 is 0 Å². The molecule has 0 saturated heterocycles. The summed E-state index contributed by atoms with van der Waals surface area (Å²) in [4.78, 5) is 2.44. The van der Waals surface area contributed by atoms with Gasteiger partial charge in [-0.1, -0.05) is 44.2 Å². The predicted molar refractivity (Wildman–Crippen MR) is 83.8 cm³/mol. The highest BCUT2D eigenvalue weighted by atomic mass is 16.5. The van der Waals surface area contributed by atoms with Crippen molar-refractivity contribution < 1.29 is 9.84 Å². The van der Waals surface area contributed by atoms with Crippen LogP contribution in [0, 0.1) is 0 Å². The summed E-state index contributed by atoms with van der Waals surface area (Å²) in [5.74, 6) is 0. The Balaban J connectivity index is 2.52. The van der Waals surface area contributed by atoms with E-state index in [1.165, 1.54) is 0 Å². The minimum absolute atomic E-state index is 0.379. The van der Waals surface area contributed by atoms with Crippen LogP contribution in [-0.2, 0) is 4.74 Å². The summed E-state index contributed by atoms with van der Waals surface area (Å²) in [6.45, 7) is 7.04. The van der Waals surface area contributed by atoms with Crippen molar-refractivity contribution in [3.63, 3.8) is 0 Å². The van der Waals surface area contributed by atoms with E-state index in [1.54, 1.807) is 7.11 Å². The lowest BCUT2D eigenvalue weighted by Gasteiger charge is -2.31. The second-order valence-corrected chi connectivity index (χ2v) is 5.21. The summed E-state index contributed by atoms with van der Waals surface area (Å²) < 4.78 is 5.20. The molecule has 3 heteroatoms. The van der Waals surface area contributed by atoms with Gasteiger partial charge in [-0.15, -0.1) is 0 Å². The van der Waals surface area contributed by atoms with Crippen LogP contribution in [0.4, 0.5) is 0 Å². The van der Waals surface area contributed by atoms with Crippen LogP contribution in [0.3, 0.4) is 0 Å². The molecule has 1 aromatic rings. The molecule has 20 heavy (non-hydrogen) atoms. The second-order valence-electron chi connectivity index (χ2n) is 5.21. The molecule has 0 heterocycles. The Morgan fingerprint density at radius 2 is 1.75 bits per heavy atom. The smallest absolute Gasteiger partial charge is 0.0802 e. The third kappa shape index (κ3) is 5.61. The highest BCUT2D eigenvalue weighted by Crippen LogP contribution is 2.18. The number of hydrogen-bond acceptors (Lipinski definition) is 3. The molecule has 0 radical (unpaired) electrons. The van der Waals surface area contributed by atoms with E-state index in [0.29, 0.717) is 6.04 Å². The first-order valence-electron chi connectivity index (χ1n) is 7.68. The van der Waals surface area contributed by atoms with E-state index < -0.39 is 0 Å². The number of rotatable bonds is 10. The van der Waals surface area contributed by atoms with Gasteiger partial charge < -0.3 is 9.84 Å². The normalized spacial score (nSPS) is 13.1. The van der Waals surface area contributed by atoms with Gasteiger partial charge in [0.2, 0.25) is 0 Å². The Bertz CT molecular complexity index is 338. The zero-order valence-electron chi connectivity index (χ0n) is 13.1. The monoisotopic (exact) mass is 279 g/mol. The van der Waals surface area contributed by atoms with Crippen molar-refractivity contribution in [2.45, 2.75) is 45.3 Å². The first-order chi connectivity index (χ1) is 9.72. The fraction of sp³-hybridized carbons (Fsp3) is 0.647. The Morgan fingerprint density at radius 1 is 1.10 bits per heavy atom. The largest absolute Gasteiger partial charge is 0.388 e. The molecule has 0 amide bonds. The molecule has 0 aromatic heterocycles. The average Bonchev–Trinajstić information content (AvgIpc) is 2.50. The molecule has 0 aliphatic rings. The molecule has 1 unspecified atom stereocenters. The molecule has 1 rings (SSSR count). The number of benzene rings is 1. The molecule has 0 saturated carbocycles. The van der Waals surface area contributed by atoms with Crippen molar-refractivity contribution in [3.8, 4) is 0 Å². The van der Waals surface area contributed by atoms with E-state index >= 15 is 0 Å². The molecular weight excluding hydrogens is 250 g/mol. The molecule has 0 spiro atoms. The van der Waals surface area contributed by atoms with Gasteiger partial charge >= 0.3 is 0 Å². The van der Waals surface area contributed by atoms with Crippen molar-refractivity contribution in [2.75, 3.05) is 26.8 Å². The lowest BCUT2D eigenvalue weighted by Crippen LogP contribution is -2.38. The van der Waals surface area contributed by atoms with Crippen molar-refractivity contribution in [1.82, 2.24) is 4.90 Å². The van der Waals surface area contributed by atoms with E-state index in [9.17, 15) is 5.11 Å². The summed E-state index contributed by atoms with van der Waals surface area (Å²) in [6.07, 6.45) is 2.67. The molecule has 0 fully saturated rings. The van der Waals surface area contributed by atoms with Crippen LogP contribution >= 0.6 is 0 Å². The fourth-order valence-corrected chi connectivity index (χ4v) is 2.62. The number of methoxy groups -OCH3 is 1. The Kier molecular flexibility index (Phi) is 8.51. The minimum atomic E-state index is -0.379. The van der Waals surface area contributed by atoms with Gasteiger partial charge in [0.25, 0.3) is 0 Å². The van der Waals surface area contributed by atoms with Crippen LogP contribution in [0.25, 0.3) is 0 Å². The zero-order valence-corrected chi connectivity index (χ0v) is 13.1. The van der Waals surface area contributed by atoms with Crippen LogP contribution in [-0.4, -0.2) is 42.9 Å². The number of ether oxygens (including phenoxy) is 1. The minimum Gasteiger partial charge on any atom is -0.388 e. The van der Waals surface area contributed by atoms with Gasteiger partial charge in [-0.25, -0.2) is 0 Å². The fourth-order valence-electron chi connectivity index (χ4n) is 2.62. The Hall–Kier alpha value is -0.900. The van der Waals surface area contributed by atoms with Gasteiger partial charge in [-0.05, 0) is 24.8 Å². The van der Waals surface area contributed by atoms with E-state index in [4.69, 9.17) is 4.74 Å². The van der Waals surface area contributed by atoms with Gasteiger partial charge in [0.05, 0.1) is 12.7 Å². The first-order valence-corrected chi connectivity index (χ1v) is 7.68. The number of aliphatic hydroxyl groups excluding tert-OH is 1. The number of aliphatic hydroxyl groups is 1. The number of hydrogen-bond donors (Lipinski definition) is 1. The van der Waals surface area contributed by atoms with Gasteiger partial charge in [0.1, 0.15) is 0 Å². The highest BCUT2D eigenvalue weighted by Gasteiger charge is 2.16. The molecule has 0 aliphatic carbocycles. The van der Waals surface area contributed by atoms with Crippen LogP contribution in [0.5, 0.6) is 0 Å². The van der Waals surface area contributed by atoms with Gasteiger partial charge in [-0.2, -0.15) is 0 Å². The quantitative estimate of drug-likeness (QED) is 0.713. The van der Waals surface area contributed by atoms with Crippen LogP contribution in [0.1, 0.15) is 44.8 Å². The molecule has 1 atom stereocenters. The maximum atomic E-state index is 10.3. The van der Waals surface area contributed by atoms with Crippen molar-refractivity contribution >= 4 is 0 Å². The Labute approximate surface area is 123 Å². The van der Waals surface area contributed by atoms with Crippen molar-refractivity contribution in [1.29, 1.82) is 0 Å². The second kappa shape index (κ2) is 9.92. The average molecular weight is 279 g/mol. The van der Waals surface area contributed by atoms with Crippen molar-refractivity contribution in [3.05, 3.63) is 35.9 Å². The summed E-state index contributed by atoms with van der Waals surface area (Å²) >= 11 is 0. The highest BCUT2D eigenvalue weighted by molar-refractivity contribution is 5.17. The third-order valence-corrected chi connectivity index (χ3v) is 3.92. The molecule has 3 nitrogen and oxygen atoms in total. The predicted octanol–water partition coefficient (Wildman–Crippen LogP) is 3.25. The summed E-state index contributed by atoms with van der Waals surface area (Å²) in [5, 5.41) is 10.3.